The van der Waals surface area contributed by atoms with Gasteiger partial charge in [0.1, 0.15) is 0 Å². The lowest BCUT2D eigenvalue weighted by molar-refractivity contribution is 0.0601. The highest BCUT2D eigenvalue weighted by Gasteiger charge is 2.13. The van der Waals surface area contributed by atoms with Crippen LogP contribution < -0.4 is 5.32 Å². The number of benzene rings is 2. The number of halogens is 2. The summed E-state index contributed by atoms with van der Waals surface area (Å²) in [6.07, 6.45) is 0. The van der Waals surface area contributed by atoms with E-state index in [1.807, 2.05) is 31.2 Å². The van der Waals surface area contributed by atoms with E-state index in [0.717, 1.165) is 15.7 Å². The summed E-state index contributed by atoms with van der Waals surface area (Å²) in [5, 5.41) is 3.72. The molecule has 1 atom stereocenters. The maximum Gasteiger partial charge on any atom is 0.339 e. The third-order valence-corrected chi connectivity index (χ3v) is 3.93. The Hall–Kier alpha value is -1.52. The molecule has 5 heteroatoms. The van der Waals surface area contributed by atoms with Crippen LogP contribution in [0, 0.1) is 0 Å². The molecular formula is C16H15BrClNO2. The first-order chi connectivity index (χ1) is 10.0. The molecule has 0 bridgehead atoms. The number of nitrogens with one attached hydrogen (secondary N) is 1. The van der Waals surface area contributed by atoms with Gasteiger partial charge in [-0.25, -0.2) is 4.79 Å². The van der Waals surface area contributed by atoms with Crippen molar-refractivity contribution in [3.63, 3.8) is 0 Å². The highest BCUT2D eigenvalue weighted by Crippen LogP contribution is 2.25. The minimum atomic E-state index is -0.446. The minimum Gasteiger partial charge on any atom is -0.465 e. The second kappa shape index (κ2) is 6.96. The number of methoxy groups -OCH3 is 1. The normalized spacial score (nSPS) is 11.8. The van der Waals surface area contributed by atoms with Crippen molar-refractivity contribution in [1.82, 2.24) is 0 Å². The van der Waals surface area contributed by atoms with Crippen molar-refractivity contribution in [1.29, 1.82) is 0 Å². The fourth-order valence-electron chi connectivity index (χ4n) is 1.99. The molecule has 0 amide bonds. The molecule has 0 heterocycles. The molecule has 0 saturated carbocycles. The maximum absolute atomic E-state index is 11.6. The quantitative estimate of drug-likeness (QED) is 0.766. The Kier molecular flexibility index (Phi) is 5.26. The molecule has 2 aromatic rings. The van der Waals surface area contributed by atoms with Crippen molar-refractivity contribution < 1.29 is 9.53 Å². The fraction of sp³-hybridized carbons (Fsp3) is 0.188. The van der Waals surface area contributed by atoms with Crippen molar-refractivity contribution in [3.05, 3.63) is 63.1 Å². The van der Waals surface area contributed by atoms with Gasteiger partial charge in [0, 0.05) is 16.2 Å². The average molecular weight is 369 g/mol. The molecule has 0 fully saturated rings. The van der Waals surface area contributed by atoms with Crippen molar-refractivity contribution in [2.45, 2.75) is 13.0 Å². The molecule has 110 valence electrons. The van der Waals surface area contributed by atoms with E-state index in [4.69, 9.17) is 16.3 Å². The zero-order chi connectivity index (χ0) is 15.4. The Balaban J connectivity index is 2.21. The minimum absolute atomic E-state index is 0.0918. The van der Waals surface area contributed by atoms with E-state index in [1.165, 1.54) is 7.11 Å². The molecule has 0 aromatic heterocycles. The van der Waals surface area contributed by atoms with Crippen molar-refractivity contribution in [2.75, 3.05) is 12.4 Å². The van der Waals surface area contributed by atoms with E-state index in [9.17, 15) is 4.79 Å². The number of hydrogen-bond donors (Lipinski definition) is 1. The summed E-state index contributed by atoms with van der Waals surface area (Å²) in [4.78, 5) is 11.6. The highest BCUT2D eigenvalue weighted by molar-refractivity contribution is 9.10. The van der Waals surface area contributed by atoms with Crippen LogP contribution >= 0.6 is 27.5 Å². The van der Waals surface area contributed by atoms with Gasteiger partial charge in [-0.2, -0.15) is 0 Å². The Bertz CT molecular complexity index is 660. The van der Waals surface area contributed by atoms with Crippen LogP contribution in [-0.4, -0.2) is 13.1 Å². The smallest absolute Gasteiger partial charge is 0.339 e. The highest BCUT2D eigenvalue weighted by atomic mass is 79.9. The largest absolute Gasteiger partial charge is 0.465 e. The van der Waals surface area contributed by atoms with Gasteiger partial charge in [-0.15, -0.1) is 0 Å². The van der Waals surface area contributed by atoms with Crippen molar-refractivity contribution in [3.8, 4) is 0 Å². The molecule has 2 aromatic carbocycles. The van der Waals surface area contributed by atoms with Crippen LogP contribution in [0.25, 0.3) is 0 Å². The summed E-state index contributed by atoms with van der Waals surface area (Å²) in [6, 6.07) is 13.4. The Labute approximate surface area is 137 Å². The second-order valence-electron chi connectivity index (χ2n) is 4.61. The molecule has 3 nitrogen and oxygen atoms in total. The fourth-order valence-corrected chi connectivity index (χ4v) is 2.60. The van der Waals surface area contributed by atoms with Crippen LogP contribution in [0.2, 0.25) is 5.02 Å². The van der Waals surface area contributed by atoms with Gasteiger partial charge in [0.15, 0.2) is 0 Å². The third kappa shape index (κ3) is 3.99. The second-order valence-corrected chi connectivity index (χ2v) is 5.93. The van der Waals surface area contributed by atoms with E-state index < -0.39 is 5.97 Å². The molecule has 2 rings (SSSR count). The SMILES string of the molecule is COC(=O)c1cc(NC(C)c2cccc(Br)c2)ccc1Cl. The summed E-state index contributed by atoms with van der Waals surface area (Å²) in [5.74, 6) is -0.446. The maximum atomic E-state index is 11.6. The third-order valence-electron chi connectivity index (χ3n) is 3.10. The van der Waals surface area contributed by atoms with E-state index in [1.54, 1.807) is 12.1 Å². The average Bonchev–Trinajstić information content (AvgIpc) is 2.48. The Morgan fingerprint density at radius 3 is 2.71 bits per heavy atom. The molecule has 0 aliphatic heterocycles. The summed E-state index contributed by atoms with van der Waals surface area (Å²) in [5.41, 5.74) is 2.30. The van der Waals surface area contributed by atoms with Gasteiger partial charge in [0.05, 0.1) is 17.7 Å². The number of carbonyl (C=O) groups excluding carboxylic acids is 1. The van der Waals surface area contributed by atoms with Crippen LogP contribution in [0.5, 0.6) is 0 Å². The Morgan fingerprint density at radius 2 is 2.05 bits per heavy atom. The summed E-state index contributed by atoms with van der Waals surface area (Å²) in [7, 11) is 1.34. The lowest BCUT2D eigenvalue weighted by Gasteiger charge is -2.17. The van der Waals surface area contributed by atoms with Gasteiger partial charge >= 0.3 is 5.97 Å². The van der Waals surface area contributed by atoms with Crippen LogP contribution in [0.15, 0.2) is 46.9 Å². The zero-order valence-electron chi connectivity index (χ0n) is 11.7. The standard InChI is InChI=1S/C16H15BrClNO2/c1-10(11-4-3-5-12(17)8-11)19-13-6-7-15(18)14(9-13)16(20)21-2/h3-10,19H,1-2H3. The van der Waals surface area contributed by atoms with Crippen LogP contribution in [-0.2, 0) is 4.74 Å². The van der Waals surface area contributed by atoms with Gasteiger partial charge in [-0.3, -0.25) is 0 Å². The molecule has 0 radical (unpaired) electrons. The number of anilines is 1. The van der Waals surface area contributed by atoms with Crippen molar-refractivity contribution in [2.24, 2.45) is 0 Å². The Morgan fingerprint density at radius 1 is 1.29 bits per heavy atom. The topological polar surface area (TPSA) is 38.3 Å². The number of ether oxygens (including phenoxy) is 1. The lowest BCUT2D eigenvalue weighted by Crippen LogP contribution is -2.08. The van der Waals surface area contributed by atoms with Gasteiger partial charge in [-0.1, -0.05) is 39.7 Å². The van der Waals surface area contributed by atoms with Gasteiger partial charge < -0.3 is 10.1 Å². The number of rotatable bonds is 4. The monoisotopic (exact) mass is 367 g/mol. The predicted octanol–water partition coefficient (Wildman–Crippen LogP) is 5.06. The van der Waals surface area contributed by atoms with E-state index >= 15 is 0 Å². The van der Waals surface area contributed by atoms with Crippen LogP contribution in [0.3, 0.4) is 0 Å². The predicted molar refractivity (Wildman–Crippen MR) is 89.0 cm³/mol. The molecule has 0 saturated heterocycles. The molecular weight excluding hydrogens is 354 g/mol. The zero-order valence-corrected chi connectivity index (χ0v) is 14.0. The number of hydrogen-bond acceptors (Lipinski definition) is 3. The van der Waals surface area contributed by atoms with Gasteiger partial charge in [-0.05, 0) is 42.8 Å². The number of esters is 1. The lowest BCUT2D eigenvalue weighted by atomic mass is 10.1. The molecule has 1 N–H and O–H groups in total. The van der Waals surface area contributed by atoms with E-state index in [-0.39, 0.29) is 6.04 Å². The first-order valence-corrected chi connectivity index (χ1v) is 7.58. The summed E-state index contributed by atoms with van der Waals surface area (Å²) >= 11 is 9.47. The molecule has 21 heavy (non-hydrogen) atoms. The van der Waals surface area contributed by atoms with Crippen LogP contribution in [0.4, 0.5) is 5.69 Å². The molecule has 0 aliphatic carbocycles. The summed E-state index contributed by atoms with van der Waals surface area (Å²) < 4.78 is 5.75. The first kappa shape index (κ1) is 15.9. The molecule has 1 unspecified atom stereocenters. The summed E-state index contributed by atoms with van der Waals surface area (Å²) in [6.45, 7) is 2.05. The van der Waals surface area contributed by atoms with E-state index in [2.05, 4.69) is 27.3 Å². The van der Waals surface area contributed by atoms with Gasteiger partial charge in [0.2, 0.25) is 0 Å². The molecule has 0 aliphatic rings. The van der Waals surface area contributed by atoms with Crippen LogP contribution in [0.1, 0.15) is 28.9 Å². The van der Waals surface area contributed by atoms with Crippen molar-refractivity contribution >= 4 is 39.2 Å². The van der Waals surface area contributed by atoms with Gasteiger partial charge in [0.25, 0.3) is 0 Å². The molecule has 0 spiro atoms. The van der Waals surface area contributed by atoms with E-state index in [0.29, 0.717) is 10.6 Å². The first-order valence-electron chi connectivity index (χ1n) is 6.41. The number of carbonyl (C=O) groups is 1.